The SMILES string of the molecule is COc1ccc(C(=O)C=Cc2ccc([N+](=O)[O-])cc2)c(O)c1. The molecule has 112 valence electrons. The number of ether oxygens (including phenoxy) is 1. The number of hydrogen-bond acceptors (Lipinski definition) is 5. The van der Waals surface area contributed by atoms with E-state index < -0.39 is 4.92 Å². The second-order valence-electron chi connectivity index (χ2n) is 4.43. The summed E-state index contributed by atoms with van der Waals surface area (Å²) in [5.74, 6) is -0.0930. The summed E-state index contributed by atoms with van der Waals surface area (Å²) >= 11 is 0. The van der Waals surface area contributed by atoms with Gasteiger partial charge in [-0.2, -0.15) is 0 Å². The number of rotatable bonds is 5. The highest BCUT2D eigenvalue weighted by Gasteiger charge is 2.09. The molecule has 0 unspecified atom stereocenters. The first-order chi connectivity index (χ1) is 10.5. The summed E-state index contributed by atoms with van der Waals surface area (Å²) in [5.41, 5.74) is 0.780. The number of methoxy groups -OCH3 is 1. The highest BCUT2D eigenvalue weighted by atomic mass is 16.6. The molecule has 2 rings (SSSR count). The second-order valence-corrected chi connectivity index (χ2v) is 4.43. The summed E-state index contributed by atoms with van der Waals surface area (Å²) in [5, 5.41) is 20.3. The topological polar surface area (TPSA) is 89.7 Å². The van der Waals surface area contributed by atoms with Crippen LogP contribution in [0.5, 0.6) is 11.5 Å². The van der Waals surface area contributed by atoms with E-state index in [9.17, 15) is 20.0 Å². The van der Waals surface area contributed by atoms with E-state index >= 15 is 0 Å². The molecule has 0 atom stereocenters. The number of benzene rings is 2. The largest absolute Gasteiger partial charge is 0.507 e. The normalized spacial score (nSPS) is 10.6. The van der Waals surface area contributed by atoms with Crippen molar-refractivity contribution in [2.75, 3.05) is 7.11 Å². The zero-order valence-electron chi connectivity index (χ0n) is 11.7. The van der Waals surface area contributed by atoms with Crippen molar-refractivity contribution in [2.45, 2.75) is 0 Å². The lowest BCUT2D eigenvalue weighted by Gasteiger charge is -2.03. The van der Waals surface area contributed by atoms with E-state index in [-0.39, 0.29) is 22.8 Å². The van der Waals surface area contributed by atoms with Crippen molar-refractivity contribution in [3.05, 3.63) is 69.8 Å². The van der Waals surface area contributed by atoms with Gasteiger partial charge in [0.05, 0.1) is 17.6 Å². The summed E-state index contributed by atoms with van der Waals surface area (Å²) in [6, 6.07) is 10.2. The van der Waals surface area contributed by atoms with Crippen LogP contribution < -0.4 is 4.74 Å². The predicted molar refractivity (Wildman–Crippen MR) is 81.1 cm³/mol. The minimum Gasteiger partial charge on any atom is -0.507 e. The number of phenols is 1. The average Bonchev–Trinajstić information content (AvgIpc) is 2.52. The molecule has 22 heavy (non-hydrogen) atoms. The van der Waals surface area contributed by atoms with Gasteiger partial charge in [0.2, 0.25) is 0 Å². The molecule has 0 aliphatic rings. The van der Waals surface area contributed by atoms with Gasteiger partial charge in [-0.1, -0.05) is 6.08 Å². The molecule has 6 nitrogen and oxygen atoms in total. The number of phenolic OH excluding ortho intramolecular Hbond substituents is 1. The molecule has 0 radical (unpaired) electrons. The van der Waals surface area contributed by atoms with Crippen LogP contribution >= 0.6 is 0 Å². The molecule has 2 aromatic carbocycles. The van der Waals surface area contributed by atoms with Crippen molar-refractivity contribution in [1.29, 1.82) is 0 Å². The molecule has 0 saturated heterocycles. The number of non-ortho nitro benzene ring substituents is 1. The number of nitro benzene ring substituents is 1. The van der Waals surface area contributed by atoms with Crippen LogP contribution in [-0.4, -0.2) is 22.9 Å². The van der Waals surface area contributed by atoms with Crippen LogP contribution in [0.2, 0.25) is 0 Å². The molecule has 0 amide bonds. The fourth-order valence-electron chi connectivity index (χ4n) is 1.82. The Labute approximate surface area is 126 Å². The summed E-state index contributed by atoms with van der Waals surface area (Å²) in [4.78, 5) is 22.1. The lowest BCUT2D eigenvalue weighted by atomic mass is 10.1. The Kier molecular flexibility index (Phi) is 4.53. The fourth-order valence-corrected chi connectivity index (χ4v) is 1.82. The highest BCUT2D eigenvalue weighted by Crippen LogP contribution is 2.24. The van der Waals surface area contributed by atoms with Crippen molar-refractivity contribution >= 4 is 17.5 Å². The summed E-state index contributed by atoms with van der Waals surface area (Å²) in [6.07, 6.45) is 2.82. The highest BCUT2D eigenvalue weighted by molar-refractivity contribution is 6.08. The van der Waals surface area contributed by atoms with Crippen molar-refractivity contribution in [1.82, 2.24) is 0 Å². The molecule has 6 heteroatoms. The number of nitrogens with zero attached hydrogens (tertiary/aromatic N) is 1. The fraction of sp³-hybridized carbons (Fsp3) is 0.0625. The van der Waals surface area contributed by atoms with Crippen LogP contribution in [0.25, 0.3) is 6.08 Å². The third kappa shape index (κ3) is 3.49. The Hall–Kier alpha value is -3.15. The standard InChI is InChI=1S/C16H13NO5/c1-22-13-7-8-14(16(19)10-13)15(18)9-4-11-2-5-12(6-3-11)17(20)21/h2-10,19H,1H3. The maximum atomic E-state index is 12.0. The molecule has 0 aliphatic heterocycles. The molecule has 0 aliphatic carbocycles. The monoisotopic (exact) mass is 299 g/mol. The van der Waals surface area contributed by atoms with E-state index in [1.807, 2.05) is 0 Å². The van der Waals surface area contributed by atoms with Crippen LogP contribution in [0.1, 0.15) is 15.9 Å². The molecule has 0 spiro atoms. The molecule has 0 heterocycles. The Bertz CT molecular complexity index is 735. The number of ketones is 1. The van der Waals surface area contributed by atoms with Crippen LogP contribution in [-0.2, 0) is 0 Å². The Balaban J connectivity index is 2.15. The maximum Gasteiger partial charge on any atom is 0.269 e. The number of allylic oxidation sites excluding steroid dienone is 1. The summed E-state index contributed by atoms with van der Waals surface area (Å²) in [7, 11) is 1.46. The summed E-state index contributed by atoms with van der Waals surface area (Å²) in [6.45, 7) is 0. The maximum absolute atomic E-state index is 12.0. The van der Waals surface area contributed by atoms with Crippen LogP contribution in [0, 0.1) is 10.1 Å². The van der Waals surface area contributed by atoms with Crippen LogP contribution in [0.15, 0.2) is 48.5 Å². The van der Waals surface area contributed by atoms with E-state index in [4.69, 9.17) is 4.74 Å². The summed E-state index contributed by atoms with van der Waals surface area (Å²) < 4.78 is 4.95. The number of hydrogen-bond donors (Lipinski definition) is 1. The minimum absolute atomic E-state index is 0.0173. The van der Waals surface area contributed by atoms with Gasteiger partial charge in [0.1, 0.15) is 11.5 Å². The first kappa shape index (κ1) is 15.2. The molecule has 0 bridgehead atoms. The average molecular weight is 299 g/mol. The lowest BCUT2D eigenvalue weighted by molar-refractivity contribution is -0.384. The lowest BCUT2D eigenvalue weighted by Crippen LogP contribution is -1.95. The Morgan fingerprint density at radius 1 is 1.23 bits per heavy atom. The van der Waals surface area contributed by atoms with Gasteiger partial charge in [-0.05, 0) is 35.9 Å². The predicted octanol–water partition coefficient (Wildman–Crippen LogP) is 3.21. The number of aromatic hydroxyl groups is 1. The molecule has 0 fully saturated rings. The van der Waals surface area contributed by atoms with Crippen molar-refractivity contribution in [3.63, 3.8) is 0 Å². The van der Waals surface area contributed by atoms with Crippen molar-refractivity contribution in [2.24, 2.45) is 0 Å². The van der Waals surface area contributed by atoms with Gasteiger partial charge in [0.15, 0.2) is 5.78 Å². The third-order valence-corrected chi connectivity index (χ3v) is 3.00. The van der Waals surface area contributed by atoms with E-state index in [1.54, 1.807) is 6.07 Å². The zero-order chi connectivity index (χ0) is 16.1. The van der Waals surface area contributed by atoms with Crippen molar-refractivity contribution in [3.8, 4) is 11.5 Å². The van der Waals surface area contributed by atoms with E-state index in [1.165, 1.54) is 55.7 Å². The molecule has 0 saturated carbocycles. The van der Waals surface area contributed by atoms with E-state index in [0.29, 0.717) is 11.3 Å². The van der Waals surface area contributed by atoms with Gasteiger partial charge in [0.25, 0.3) is 5.69 Å². The van der Waals surface area contributed by atoms with Gasteiger partial charge in [-0.3, -0.25) is 14.9 Å². The molecular weight excluding hydrogens is 286 g/mol. The van der Waals surface area contributed by atoms with Crippen molar-refractivity contribution < 1.29 is 19.6 Å². The Morgan fingerprint density at radius 3 is 2.45 bits per heavy atom. The quantitative estimate of drug-likeness (QED) is 0.396. The third-order valence-electron chi connectivity index (χ3n) is 3.00. The van der Waals surface area contributed by atoms with Gasteiger partial charge in [0, 0.05) is 18.2 Å². The number of carbonyl (C=O) groups excluding carboxylic acids is 1. The van der Waals surface area contributed by atoms with E-state index in [0.717, 1.165) is 0 Å². The molecule has 2 aromatic rings. The van der Waals surface area contributed by atoms with Gasteiger partial charge >= 0.3 is 0 Å². The molecule has 1 N–H and O–H groups in total. The molecule has 0 aromatic heterocycles. The smallest absolute Gasteiger partial charge is 0.269 e. The van der Waals surface area contributed by atoms with Crippen LogP contribution in [0.3, 0.4) is 0 Å². The number of nitro groups is 1. The second kappa shape index (κ2) is 6.53. The van der Waals surface area contributed by atoms with Gasteiger partial charge in [-0.15, -0.1) is 0 Å². The first-order valence-corrected chi connectivity index (χ1v) is 6.35. The van der Waals surface area contributed by atoms with Crippen LogP contribution in [0.4, 0.5) is 5.69 Å². The minimum atomic E-state index is -0.492. The first-order valence-electron chi connectivity index (χ1n) is 6.35. The van der Waals surface area contributed by atoms with E-state index in [2.05, 4.69) is 0 Å². The van der Waals surface area contributed by atoms with Gasteiger partial charge < -0.3 is 9.84 Å². The van der Waals surface area contributed by atoms with Gasteiger partial charge in [-0.25, -0.2) is 0 Å². The molecular formula is C16H13NO5. The number of carbonyl (C=O) groups is 1. The Morgan fingerprint density at radius 2 is 1.91 bits per heavy atom. The zero-order valence-corrected chi connectivity index (χ0v) is 11.7.